The average Bonchev–Trinajstić information content (AvgIpc) is 3.06. The summed E-state index contributed by atoms with van der Waals surface area (Å²) >= 11 is 2.26. The molecule has 0 aromatic heterocycles. The zero-order valence-corrected chi connectivity index (χ0v) is 25.6. The number of benzene rings is 4. The Kier molecular flexibility index (Phi) is 17.9. The molecule has 4 aromatic rings. The monoisotopic (exact) mass is 642 g/mol. The Hall–Kier alpha value is -3.38. The Labute approximate surface area is 264 Å². The van der Waals surface area contributed by atoms with Crippen LogP contribution in [0.3, 0.4) is 0 Å². The van der Waals surface area contributed by atoms with Crippen LogP contribution in [0.5, 0.6) is 0 Å². The van der Waals surface area contributed by atoms with Crippen LogP contribution >= 0.6 is 23.5 Å². The Bertz CT molecular complexity index is 1250. The van der Waals surface area contributed by atoms with Gasteiger partial charge in [0.25, 0.3) is 0 Å². The number of carbonyl (C=O) groups excluding carboxylic acids is 2. The average molecular weight is 643 g/mol. The summed E-state index contributed by atoms with van der Waals surface area (Å²) in [4.78, 5) is 23.9. The molecule has 0 aliphatic rings. The Balaban J connectivity index is 0.000000302. The van der Waals surface area contributed by atoms with E-state index in [1.165, 1.54) is 24.3 Å². The highest BCUT2D eigenvalue weighted by Gasteiger charge is 2.18. The van der Waals surface area contributed by atoms with Gasteiger partial charge < -0.3 is 20.4 Å². The van der Waals surface area contributed by atoms with E-state index in [-0.39, 0.29) is 35.1 Å². The molecule has 4 N–H and O–H groups in total. The van der Waals surface area contributed by atoms with Crippen molar-refractivity contribution in [2.24, 2.45) is 0 Å². The number of rotatable bonds is 11. The van der Waals surface area contributed by atoms with Gasteiger partial charge in [0, 0.05) is 22.6 Å². The van der Waals surface area contributed by atoms with Crippen molar-refractivity contribution in [1.82, 2.24) is 0 Å². The molecule has 2 atom stereocenters. The fourth-order valence-electron chi connectivity index (χ4n) is 3.42. The number of halogens is 2. The molecule has 4 aromatic carbocycles. The Morgan fingerprint density at radius 1 is 0.545 bits per heavy atom. The first-order chi connectivity index (χ1) is 21.2. The lowest BCUT2D eigenvalue weighted by Gasteiger charge is -2.17. The van der Waals surface area contributed by atoms with Crippen molar-refractivity contribution in [2.45, 2.75) is 38.3 Å². The maximum absolute atomic E-state index is 12.1. The van der Waals surface area contributed by atoms with Crippen LogP contribution in [0.2, 0.25) is 0 Å². The van der Waals surface area contributed by atoms with Crippen molar-refractivity contribution in [3.8, 4) is 0 Å². The van der Waals surface area contributed by atoms with Crippen LogP contribution in [0.25, 0.3) is 0 Å². The van der Waals surface area contributed by atoms with E-state index in [0.717, 1.165) is 34.7 Å². The van der Waals surface area contributed by atoms with Crippen molar-refractivity contribution < 1.29 is 38.8 Å². The smallest absolute Gasteiger partial charge is 0.219 e. The van der Waals surface area contributed by atoms with Crippen molar-refractivity contribution in [3.63, 3.8) is 0 Å². The van der Waals surface area contributed by atoms with Crippen LogP contribution in [0.1, 0.15) is 44.7 Å². The van der Waals surface area contributed by atoms with Crippen LogP contribution in [0.15, 0.2) is 109 Å². The summed E-state index contributed by atoms with van der Waals surface area (Å²) in [6.45, 7) is -0.0550. The zero-order chi connectivity index (χ0) is 32.2. The number of carbonyl (C=O) groups is 2. The molecule has 2 unspecified atom stereocenters. The minimum Gasteiger partial charge on any atom is -0.392 e. The molecule has 4 rings (SSSR count). The van der Waals surface area contributed by atoms with Crippen molar-refractivity contribution >= 4 is 33.8 Å². The normalized spacial score (nSPS) is 11.7. The SMILES string of the molecule is O=C(SCCC(O)C(O)CCSC(=O)c1ccccc1)c1ccccc1.OCc1ccc(F)cc1.OCc1ccc(F)cc1. The molecule has 0 spiro atoms. The predicted octanol–water partition coefficient (Wildman–Crippen LogP) is 6.27. The minimum absolute atomic E-state index is 0.0275. The minimum atomic E-state index is -0.904. The summed E-state index contributed by atoms with van der Waals surface area (Å²) < 4.78 is 24.3. The molecule has 0 saturated carbocycles. The lowest BCUT2D eigenvalue weighted by atomic mass is 10.1. The van der Waals surface area contributed by atoms with Gasteiger partial charge in [-0.05, 0) is 48.2 Å². The quantitative estimate of drug-likeness (QED) is 0.151. The standard InChI is InChI=1S/C20H22O4S2.2C7H7FO/c21-17(11-13-25-19(23)15-7-3-1-4-8-15)18(22)12-14-26-20(24)16-9-5-2-6-10-16;2*8-7-3-1-6(5-9)2-4-7/h1-10,17-18,21-22H,11-14H2;2*1-4,9H,5H2. The molecule has 0 fully saturated rings. The topological polar surface area (TPSA) is 115 Å². The molecular formula is C34H36F2O6S2. The number of aliphatic hydroxyl groups is 4. The molecule has 0 aliphatic heterocycles. The molecule has 0 aliphatic carbocycles. The Morgan fingerprint density at radius 3 is 1.16 bits per heavy atom. The summed E-state index contributed by atoms with van der Waals surface area (Å²) in [5.41, 5.74) is 2.72. The van der Waals surface area contributed by atoms with E-state index < -0.39 is 12.2 Å². The highest BCUT2D eigenvalue weighted by molar-refractivity contribution is 8.14. The summed E-state index contributed by atoms with van der Waals surface area (Å²) in [6.07, 6.45) is -1.17. The van der Waals surface area contributed by atoms with Crippen molar-refractivity contribution in [3.05, 3.63) is 143 Å². The number of aliphatic hydroxyl groups excluding tert-OH is 4. The van der Waals surface area contributed by atoms with Crippen LogP contribution in [-0.4, -0.2) is 54.4 Å². The summed E-state index contributed by atoms with van der Waals surface area (Å²) in [6, 6.07) is 29.4. The fourth-order valence-corrected chi connectivity index (χ4v) is 5.12. The molecule has 0 heterocycles. The molecule has 10 heteroatoms. The highest BCUT2D eigenvalue weighted by Crippen LogP contribution is 2.18. The summed E-state index contributed by atoms with van der Waals surface area (Å²) in [7, 11) is 0. The van der Waals surface area contributed by atoms with Gasteiger partial charge in [0.05, 0.1) is 25.4 Å². The van der Waals surface area contributed by atoms with E-state index in [0.29, 0.717) is 35.5 Å². The van der Waals surface area contributed by atoms with Crippen LogP contribution in [0, 0.1) is 11.6 Å². The van der Waals surface area contributed by atoms with Gasteiger partial charge in [-0.15, -0.1) is 0 Å². The highest BCUT2D eigenvalue weighted by atomic mass is 32.2. The van der Waals surface area contributed by atoms with E-state index in [9.17, 15) is 28.6 Å². The first-order valence-corrected chi connectivity index (χ1v) is 15.7. The molecular weight excluding hydrogens is 606 g/mol. The maximum atomic E-state index is 12.1. The lowest BCUT2D eigenvalue weighted by Crippen LogP contribution is -2.27. The van der Waals surface area contributed by atoms with E-state index in [2.05, 4.69) is 0 Å². The second kappa shape index (κ2) is 21.3. The third-order valence-corrected chi connectivity index (χ3v) is 7.82. The van der Waals surface area contributed by atoms with Gasteiger partial charge in [0.15, 0.2) is 0 Å². The van der Waals surface area contributed by atoms with E-state index in [4.69, 9.17) is 10.2 Å². The van der Waals surface area contributed by atoms with Crippen LogP contribution in [0.4, 0.5) is 8.78 Å². The molecule has 0 saturated heterocycles. The van der Waals surface area contributed by atoms with Gasteiger partial charge in [0.2, 0.25) is 10.2 Å². The second-order valence-corrected chi connectivity index (χ2v) is 11.4. The van der Waals surface area contributed by atoms with E-state index in [1.54, 1.807) is 72.8 Å². The molecule has 44 heavy (non-hydrogen) atoms. The first-order valence-electron chi connectivity index (χ1n) is 13.7. The molecule has 0 amide bonds. The number of hydrogen-bond acceptors (Lipinski definition) is 8. The van der Waals surface area contributed by atoms with Crippen LogP contribution in [-0.2, 0) is 13.2 Å². The molecule has 0 radical (unpaired) electrons. The molecule has 6 nitrogen and oxygen atoms in total. The van der Waals surface area contributed by atoms with Gasteiger partial charge >= 0.3 is 0 Å². The third kappa shape index (κ3) is 14.9. The maximum Gasteiger partial charge on any atom is 0.219 e. The number of hydrogen-bond donors (Lipinski definition) is 4. The Morgan fingerprint density at radius 2 is 0.864 bits per heavy atom. The van der Waals surface area contributed by atoms with Crippen LogP contribution < -0.4 is 0 Å². The van der Waals surface area contributed by atoms with Gasteiger partial charge in [-0.25, -0.2) is 8.78 Å². The number of thioether (sulfide) groups is 2. The van der Waals surface area contributed by atoms with E-state index >= 15 is 0 Å². The van der Waals surface area contributed by atoms with Gasteiger partial charge in [-0.2, -0.15) is 0 Å². The van der Waals surface area contributed by atoms with E-state index in [1.807, 2.05) is 12.1 Å². The fraction of sp³-hybridized carbons (Fsp3) is 0.235. The van der Waals surface area contributed by atoms with Gasteiger partial charge in [-0.3, -0.25) is 9.59 Å². The van der Waals surface area contributed by atoms with Crippen molar-refractivity contribution in [1.29, 1.82) is 0 Å². The largest absolute Gasteiger partial charge is 0.392 e. The summed E-state index contributed by atoms with van der Waals surface area (Å²) in [5.74, 6) is 0.323. The first kappa shape index (κ1) is 36.8. The van der Waals surface area contributed by atoms with Crippen molar-refractivity contribution in [2.75, 3.05) is 11.5 Å². The van der Waals surface area contributed by atoms with Gasteiger partial charge in [-0.1, -0.05) is 108 Å². The predicted molar refractivity (Wildman–Crippen MR) is 172 cm³/mol. The molecule has 0 bridgehead atoms. The zero-order valence-electron chi connectivity index (χ0n) is 24.0. The second-order valence-electron chi connectivity index (χ2n) is 9.29. The molecule has 234 valence electrons. The summed E-state index contributed by atoms with van der Waals surface area (Å²) in [5, 5.41) is 37.0. The third-order valence-electron chi connectivity index (χ3n) is 5.95. The van der Waals surface area contributed by atoms with Gasteiger partial charge in [0.1, 0.15) is 11.6 Å². The lowest BCUT2D eigenvalue weighted by molar-refractivity contribution is 0.0171.